The first-order chi connectivity index (χ1) is 8.79. The minimum absolute atomic E-state index is 0.0457. The fraction of sp³-hybridized carbons (Fsp3) is 0.312. The van der Waals surface area contributed by atoms with E-state index in [0.29, 0.717) is 12.5 Å². The molecule has 0 amide bonds. The van der Waals surface area contributed by atoms with Gasteiger partial charge in [0.1, 0.15) is 0 Å². The number of carbonyl (C=O) groups is 1. The zero-order valence-electron chi connectivity index (χ0n) is 10.4. The van der Waals surface area contributed by atoms with Crippen LogP contribution in [0, 0.1) is 5.92 Å². The minimum Gasteiger partial charge on any atom is -0.466 e. The average Bonchev–Trinajstić information content (AvgIpc) is 3.19. The maximum atomic E-state index is 11.6. The molecule has 0 spiro atoms. The normalized spacial score (nSPS) is 21.8. The van der Waals surface area contributed by atoms with Gasteiger partial charge in [0.2, 0.25) is 0 Å². The average molecular weight is 240 g/mol. The minimum atomic E-state index is -0.0457. The standard InChI is InChI=1S/C16H16O2/c1-2-18-16(17)15-10-14(15)13-8-7-11-5-3-4-6-12(11)9-13/h3-9,14-15H,2,10H2,1H3/t14-,15+/m1/s1. The highest BCUT2D eigenvalue weighted by Crippen LogP contribution is 2.48. The van der Waals surface area contributed by atoms with Crippen molar-refractivity contribution in [3.05, 3.63) is 48.0 Å². The monoisotopic (exact) mass is 240 g/mol. The van der Waals surface area contributed by atoms with E-state index in [1.165, 1.54) is 16.3 Å². The van der Waals surface area contributed by atoms with Crippen molar-refractivity contribution in [2.24, 2.45) is 5.92 Å². The molecular weight excluding hydrogens is 224 g/mol. The van der Waals surface area contributed by atoms with Crippen LogP contribution in [0.25, 0.3) is 10.8 Å². The number of esters is 1. The van der Waals surface area contributed by atoms with Gasteiger partial charge in [-0.3, -0.25) is 4.79 Å². The topological polar surface area (TPSA) is 26.3 Å². The smallest absolute Gasteiger partial charge is 0.309 e. The molecule has 92 valence electrons. The van der Waals surface area contributed by atoms with Crippen LogP contribution in [0.2, 0.25) is 0 Å². The molecule has 3 rings (SSSR count). The molecule has 0 saturated heterocycles. The summed E-state index contributed by atoms with van der Waals surface area (Å²) in [5, 5.41) is 2.49. The Morgan fingerprint density at radius 1 is 1.22 bits per heavy atom. The number of hydrogen-bond donors (Lipinski definition) is 0. The summed E-state index contributed by atoms with van der Waals surface area (Å²) < 4.78 is 5.07. The van der Waals surface area contributed by atoms with Gasteiger partial charge in [-0.1, -0.05) is 42.5 Å². The molecule has 2 aromatic rings. The Morgan fingerprint density at radius 2 is 2.00 bits per heavy atom. The number of carbonyl (C=O) groups excluding carboxylic acids is 1. The second-order valence-corrected chi connectivity index (χ2v) is 4.81. The highest BCUT2D eigenvalue weighted by Gasteiger charge is 2.45. The number of rotatable bonds is 3. The largest absolute Gasteiger partial charge is 0.466 e. The molecule has 0 aliphatic heterocycles. The van der Waals surface area contributed by atoms with Gasteiger partial charge in [0.25, 0.3) is 0 Å². The zero-order chi connectivity index (χ0) is 12.5. The number of hydrogen-bond acceptors (Lipinski definition) is 2. The molecular formula is C16H16O2. The highest BCUT2D eigenvalue weighted by atomic mass is 16.5. The van der Waals surface area contributed by atoms with Crippen molar-refractivity contribution in [3.63, 3.8) is 0 Å². The van der Waals surface area contributed by atoms with Crippen LogP contribution in [0.1, 0.15) is 24.8 Å². The molecule has 0 unspecified atom stereocenters. The molecule has 0 bridgehead atoms. The lowest BCUT2D eigenvalue weighted by atomic mass is 10.0. The number of ether oxygens (including phenoxy) is 1. The van der Waals surface area contributed by atoms with E-state index < -0.39 is 0 Å². The van der Waals surface area contributed by atoms with Crippen LogP contribution >= 0.6 is 0 Å². The van der Waals surface area contributed by atoms with Gasteiger partial charge in [0, 0.05) is 0 Å². The second kappa shape index (κ2) is 4.45. The second-order valence-electron chi connectivity index (χ2n) is 4.81. The van der Waals surface area contributed by atoms with Crippen LogP contribution in [0.15, 0.2) is 42.5 Å². The first kappa shape index (κ1) is 11.3. The van der Waals surface area contributed by atoms with Gasteiger partial charge in [0.15, 0.2) is 0 Å². The van der Waals surface area contributed by atoms with E-state index >= 15 is 0 Å². The molecule has 1 fully saturated rings. The lowest BCUT2D eigenvalue weighted by Crippen LogP contribution is -2.07. The van der Waals surface area contributed by atoms with Crippen molar-refractivity contribution in [2.45, 2.75) is 19.3 Å². The third-order valence-electron chi connectivity index (χ3n) is 3.58. The molecule has 1 aliphatic rings. The lowest BCUT2D eigenvalue weighted by molar-refractivity contribution is -0.144. The molecule has 2 heteroatoms. The molecule has 2 nitrogen and oxygen atoms in total. The summed E-state index contributed by atoms with van der Waals surface area (Å²) in [7, 11) is 0. The predicted octanol–water partition coefficient (Wildman–Crippen LogP) is 3.51. The number of fused-ring (bicyclic) bond motifs is 1. The van der Waals surface area contributed by atoms with Crippen LogP contribution in [0.5, 0.6) is 0 Å². The zero-order valence-corrected chi connectivity index (χ0v) is 10.4. The third kappa shape index (κ3) is 1.99. The summed E-state index contributed by atoms with van der Waals surface area (Å²) in [5.74, 6) is 0.385. The van der Waals surface area contributed by atoms with Crippen molar-refractivity contribution in [2.75, 3.05) is 6.61 Å². The van der Waals surface area contributed by atoms with Crippen molar-refractivity contribution in [1.29, 1.82) is 0 Å². The first-order valence-electron chi connectivity index (χ1n) is 6.45. The van der Waals surface area contributed by atoms with Gasteiger partial charge in [-0.2, -0.15) is 0 Å². The molecule has 1 aliphatic carbocycles. The first-order valence-corrected chi connectivity index (χ1v) is 6.45. The van der Waals surface area contributed by atoms with E-state index in [0.717, 1.165) is 6.42 Å². The van der Waals surface area contributed by atoms with Crippen LogP contribution in [-0.4, -0.2) is 12.6 Å². The maximum absolute atomic E-state index is 11.6. The van der Waals surface area contributed by atoms with Gasteiger partial charge >= 0.3 is 5.97 Å². The molecule has 0 heterocycles. The Balaban J connectivity index is 1.82. The Labute approximate surface area is 107 Å². The fourth-order valence-corrected chi connectivity index (χ4v) is 2.51. The quantitative estimate of drug-likeness (QED) is 0.767. The van der Waals surface area contributed by atoms with E-state index in [1.807, 2.05) is 19.1 Å². The predicted molar refractivity (Wildman–Crippen MR) is 71.4 cm³/mol. The Morgan fingerprint density at radius 3 is 2.78 bits per heavy atom. The summed E-state index contributed by atoms with van der Waals surface area (Å²) in [5.41, 5.74) is 1.26. The van der Waals surface area contributed by atoms with Gasteiger partial charge in [-0.25, -0.2) is 0 Å². The van der Waals surface area contributed by atoms with E-state index in [-0.39, 0.29) is 11.9 Å². The Kier molecular flexibility index (Phi) is 2.78. The molecule has 1 saturated carbocycles. The molecule has 18 heavy (non-hydrogen) atoms. The van der Waals surface area contributed by atoms with Gasteiger partial charge in [-0.15, -0.1) is 0 Å². The van der Waals surface area contributed by atoms with Crippen molar-refractivity contribution >= 4 is 16.7 Å². The summed E-state index contributed by atoms with van der Waals surface area (Å²) in [6, 6.07) is 14.8. The molecule has 0 N–H and O–H groups in total. The third-order valence-corrected chi connectivity index (χ3v) is 3.58. The van der Waals surface area contributed by atoms with E-state index in [9.17, 15) is 4.79 Å². The van der Waals surface area contributed by atoms with Crippen molar-refractivity contribution in [3.8, 4) is 0 Å². The van der Waals surface area contributed by atoms with Crippen LogP contribution in [-0.2, 0) is 9.53 Å². The van der Waals surface area contributed by atoms with E-state index in [1.54, 1.807) is 0 Å². The molecule has 2 aromatic carbocycles. The van der Waals surface area contributed by atoms with Gasteiger partial charge in [0.05, 0.1) is 12.5 Å². The fourth-order valence-electron chi connectivity index (χ4n) is 2.51. The van der Waals surface area contributed by atoms with Crippen LogP contribution in [0.4, 0.5) is 0 Å². The van der Waals surface area contributed by atoms with Crippen molar-refractivity contribution < 1.29 is 9.53 Å². The van der Waals surface area contributed by atoms with Gasteiger partial charge < -0.3 is 4.74 Å². The van der Waals surface area contributed by atoms with Gasteiger partial charge in [-0.05, 0) is 35.6 Å². The summed E-state index contributed by atoms with van der Waals surface area (Å²) >= 11 is 0. The lowest BCUT2D eigenvalue weighted by Gasteiger charge is -2.03. The molecule has 2 atom stereocenters. The SMILES string of the molecule is CCOC(=O)[C@H]1C[C@@H]1c1ccc2ccccc2c1. The maximum Gasteiger partial charge on any atom is 0.309 e. The van der Waals surface area contributed by atoms with Crippen molar-refractivity contribution in [1.82, 2.24) is 0 Å². The van der Waals surface area contributed by atoms with E-state index in [2.05, 4.69) is 30.3 Å². The summed E-state index contributed by atoms with van der Waals surface area (Å²) in [6.07, 6.45) is 0.928. The van der Waals surface area contributed by atoms with Crippen LogP contribution in [0.3, 0.4) is 0 Å². The Hall–Kier alpha value is -1.83. The number of benzene rings is 2. The molecule has 0 radical (unpaired) electrons. The summed E-state index contributed by atoms with van der Waals surface area (Å²) in [6.45, 7) is 2.32. The summed E-state index contributed by atoms with van der Waals surface area (Å²) in [4.78, 5) is 11.6. The highest BCUT2D eigenvalue weighted by molar-refractivity contribution is 5.84. The Bertz CT molecular complexity index is 588. The molecule has 0 aromatic heterocycles. The van der Waals surface area contributed by atoms with E-state index in [4.69, 9.17) is 4.74 Å². The van der Waals surface area contributed by atoms with Crippen LogP contribution < -0.4 is 0 Å².